The Balaban J connectivity index is 2.57. The quantitative estimate of drug-likeness (QED) is 0.645. The number of hydrogen-bond donors (Lipinski definition) is 3. The van der Waals surface area contributed by atoms with E-state index in [9.17, 15) is 5.11 Å². The Morgan fingerprint density at radius 3 is 2.85 bits per heavy atom. The maximum atomic E-state index is 9.45. The number of para-hydroxylation sites is 1. The van der Waals surface area contributed by atoms with Crippen LogP contribution in [0.2, 0.25) is 0 Å². The van der Waals surface area contributed by atoms with E-state index in [0.717, 1.165) is 16.5 Å². The van der Waals surface area contributed by atoms with Gasteiger partial charge in [0.25, 0.3) is 0 Å². The van der Waals surface area contributed by atoms with Gasteiger partial charge in [-0.05, 0) is 6.07 Å². The average Bonchev–Trinajstić information content (AvgIpc) is 2.60. The van der Waals surface area contributed by atoms with Crippen molar-refractivity contribution in [2.24, 2.45) is 0 Å². The summed E-state index contributed by atoms with van der Waals surface area (Å²) in [5.41, 5.74) is 1.73. The van der Waals surface area contributed by atoms with Gasteiger partial charge in [-0.3, -0.25) is 0 Å². The molecule has 0 saturated heterocycles. The van der Waals surface area contributed by atoms with Crippen LogP contribution >= 0.6 is 0 Å². The van der Waals surface area contributed by atoms with Crippen molar-refractivity contribution >= 4 is 10.9 Å². The molecule has 0 aliphatic heterocycles. The van der Waals surface area contributed by atoms with Gasteiger partial charge in [0, 0.05) is 22.7 Å². The smallest absolute Gasteiger partial charge is 0.104 e. The van der Waals surface area contributed by atoms with Crippen molar-refractivity contribution in [3.05, 3.63) is 36.0 Å². The first-order chi connectivity index (χ1) is 6.33. The Bertz CT molecular complexity index is 408. The Labute approximate surface area is 75.6 Å². The van der Waals surface area contributed by atoms with E-state index in [-0.39, 0.29) is 6.61 Å². The molecule has 0 saturated carbocycles. The molecule has 0 bridgehead atoms. The molecule has 2 rings (SSSR count). The van der Waals surface area contributed by atoms with Gasteiger partial charge in [-0.1, -0.05) is 18.2 Å². The van der Waals surface area contributed by atoms with E-state index >= 15 is 0 Å². The monoisotopic (exact) mass is 177 g/mol. The average molecular weight is 177 g/mol. The summed E-state index contributed by atoms with van der Waals surface area (Å²) in [6, 6.07) is 7.68. The van der Waals surface area contributed by atoms with Gasteiger partial charge in [0.15, 0.2) is 0 Å². The fourth-order valence-electron chi connectivity index (χ4n) is 1.47. The fraction of sp³-hybridized carbons (Fsp3) is 0.200. The largest absolute Gasteiger partial charge is 0.393 e. The van der Waals surface area contributed by atoms with E-state index in [1.807, 2.05) is 24.3 Å². The highest BCUT2D eigenvalue weighted by Gasteiger charge is 2.10. The molecule has 0 aliphatic rings. The lowest BCUT2D eigenvalue weighted by molar-refractivity contribution is 0.0967. The van der Waals surface area contributed by atoms with E-state index in [1.165, 1.54) is 0 Å². The Morgan fingerprint density at radius 2 is 2.08 bits per heavy atom. The number of nitrogens with one attached hydrogen (secondary N) is 1. The van der Waals surface area contributed by atoms with Crippen molar-refractivity contribution < 1.29 is 10.2 Å². The second kappa shape index (κ2) is 3.20. The number of rotatable bonds is 2. The maximum Gasteiger partial charge on any atom is 0.104 e. The molecule has 1 aromatic carbocycles. The minimum absolute atomic E-state index is 0.248. The second-order valence-corrected chi connectivity index (χ2v) is 2.99. The van der Waals surface area contributed by atoms with Crippen LogP contribution in [0.1, 0.15) is 11.7 Å². The van der Waals surface area contributed by atoms with Gasteiger partial charge in [0.2, 0.25) is 0 Å². The topological polar surface area (TPSA) is 56.2 Å². The first-order valence-electron chi connectivity index (χ1n) is 4.18. The Kier molecular flexibility index (Phi) is 2.04. The first kappa shape index (κ1) is 8.29. The van der Waals surface area contributed by atoms with E-state index in [0.29, 0.717) is 0 Å². The molecule has 3 nitrogen and oxygen atoms in total. The Hall–Kier alpha value is -1.32. The van der Waals surface area contributed by atoms with Gasteiger partial charge < -0.3 is 15.2 Å². The molecular weight excluding hydrogens is 166 g/mol. The van der Waals surface area contributed by atoms with Crippen LogP contribution in [0.25, 0.3) is 10.9 Å². The fourth-order valence-corrected chi connectivity index (χ4v) is 1.47. The highest BCUT2D eigenvalue weighted by Crippen LogP contribution is 2.23. The predicted molar refractivity (Wildman–Crippen MR) is 50.3 cm³/mol. The molecule has 1 unspecified atom stereocenters. The molecule has 0 amide bonds. The zero-order valence-electron chi connectivity index (χ0n) is 7.07. The molecule has 3 N–H and O–H groups in total. The van der Waals surface area contributed by atoms with Crippen molar-refractivity contribution in [2.75, 3.05) is 6.61 Å². The summed E-state index contributed by atoms with van der Waals surface area (Å²) in [5.74, 6) is 0. The van der Waals surface area contributed by atoms with Gasteiger partial charge in [0.1, 0.15) is 6.10 Å². The molecule has 0 fully saturated rings. The zero-order valence-corrected chi connectivity index (χ0v) is 7.07. The van der Waals surface area contributed by atoms with E-state index in [2.05, 4.69) is 4.98 Å². The van der Waals surface area contributed by atoms with Gasteiger partial charge in [-0.2, -0.15) is 0 Å². The van der Waals surface area contributed by atoms with Gasteiger partial charge in [0.05, 0.1) is 6.61 Å². The van der Waals surface area contributed by atoms with Crippen molar-refractivity contribution in [1.82, 2.24) is 4.98 Å². The zero-order chi connectivity index (χ0) is 9.26. The van der Waals surface area contributed by atoms with Crippen LogP contribution in [-0.4, -0.2) is 21.8 Å². The summed E-state index contributed by atoms with van der Waals surface area (Å²) in [6.45, 7) is -0.248. The van der Waals surface area contributed by atoms with Gasteiger partial charge >= 0.3 is 0 Å². The van der Waals surface area contributed by atoms with Crippen LogP contribution in [0.15, 0.2) is 30.5 Å². The van der Waals surface area contributed by atoms with Crippen molar-refractivity contribution in [1.29, 1.82) is 0 Å². The Morgan fingerprint density at radius 1 is 1.31 bits per heavy atom. The molecule has 2 aromatic rings. The normalized spacial score (nSPS) is 13.4. The number of hydrogen-bond acceptors (Lipinski definition) is 2. The number of fused-ring (bicyclic) bond motifs is 1. The lowest BCUT2D eigenvalue weighted by atomic mass is 10.1. The number of aromatic amines is 1. The van der Waals surface area contributed by atoms with Crippen LogP contribution in [0, 0.1) is 0 Å². The molecular formula is C10H11NO2. The van der Waals surface area contributed by atoms with E-state index in [4.69, 9.17) is 5.11 Å². The third-order valence-corrected chi connectivity index (χ3v) is 2.15. The number of benzene rings is 1. The number of aliphatic hydroxyl groups excluding tert-OH is 2. The molecule has 1 aromatic heterocycles. The second-order valence-electron chi connectivity index (χ2n) is 2.99. The van der Waals surface area contributed by atoms with E-state index < -0.39 is 6.10 Å². The third-order valence-electron chi connectivity index (χ3n) is 2.15. The minimum Gasteiger partial charge on any atom is -0.393 e. The number of aromatic nitrogens is 1. The first-order valence-corrected chi connectivity index (χ1v) is 4.18. The molecule has 3 heteroatoms. The molecule has 0 radical (unpaired) electrons. The number of H-pyrrole nitrogens is 1. The van der Waals surface area contributed by atoms with Crippen LogP contribution in [0.4, 0.5) is 0 Å². The van der Waals surface area contributed by atoms with Gasteiger partial charge in [-0.15, -0.1) is 0 Å². The number of aliphatic hydroxyl groups is 2. The molecule has 0 aliphatic carbocycles. The summed E-state index contributed by atoms with van der Waals surface area (Å²) in [5, 5.41) is 19.2. The van der Waals surface area contributed by atoms with Crippen molar-refractivity contribution in [3.63, 3.8) is 0 Å². The highest BCUT2D eigenvalue weighted by atomic mass is 16.3. The molecule has 1 atom stereocenters. The summed E-state index contributed by atoms with van der Waals surface area (Å²) in [7, 11) is 0. The van der Waals surface area contributed by atoms with E-state index in [1.54, 1.807) is 6.20 Å². The van der Waals surface area contributed by atoms with Crippen LogP contribution in [0.5, 0.6) is 0 Å². The molecule has 68 valence electrons. The summed E-state index contributed by atoms with van der Waals surface area (Å²) >= 11 is 0. The molecule has 13 heavy (non-hydrogen) atoms. The highest BCUT2D eigenvalue weighted by molar-refractivity contribution is 5.83. The van der Waals surface area contributed by atoms with Crippen molar-refractivity contribution in [3.8, 4) is 0 Å². The molecule has 0 spiro atoms. The lowest BCUT2D eigenvalue weighted by Gasteiger charge is -2.04. The lowest BCUT2D eigenvalue weighted by Crippen LogP contribution is -2.00. The van der Waals surface area contributed by atoms with Crippen LogP contribution in [-0.2, 0) is 0 Å². The summed E-state index contributed by atoms with van der Waals surface area (Å²) in [6.07, 6.45) is 0.932. The summed E-state index contributed by atoms with van der Waals surface area (Å²) < 4.78 is 0. The predicted octanol–water partition coefficient (Wildman–Crippen LogP) is 1.19. The minimum atomic E-state index is -0.795. The van der Waals surface area contributed by atoms with Crippen LogP contribution < -0.4 is 0 Å². The summed E-state index contributed by atoms with van der Waals surface area (Å²) in [4.78, 5) is 3.03. The van der Waals surface area contributed by atoms with Gasteiger partial charge in [-0.25, -0.2) is 0 Å². The van der Waals surface area contributed by atoms with Crippen LogP contribution in [0.3, 0.4) is 0 Å². The third kappa shape index (κ3) is 1.32. The maximum absolute atomic E-state index is 9.45. The standard InChI is InChI=1S/C10H11NO2/c12-6-10(13)8-5-11-9-4-2-1-3-7(8)9/h1-5,10-13H,6H2. The SMILES string of the molecule is OCC(O)c1c[nH]c2ccccc12. The van der Waals surface area contributed by atoms with Crippen molar-refractivity contribution in [2.45, 2.75) is 6.10 Å². The molecule has 1 heterocycles.